The van der Waals surface area contributed by atoms with Crippen molar-refractivity contribution in [3.63, 3.8) is 0 Å². The Morgan fingerprint density at radius 2 is 2.32 bits per heavy atom. The van der Waals surface area contributed by atoms with Crippen molar-refractivity contribution in [1.82, 2.24) is 4.98 Å². The van der Waals surface area contributed by atoms with E-state index in [1.807, 2.05) is 24.1 Å². The van der Waals surface area contributed by atoms with Crippen LogP contribution in [0.1, 0.15) is 25.5 Å². The first-order chi connectivity index (χ1) is 9.28. The second-order valence-corrected chi connectivity index (χ2v) is 6.65. The highest BCUT2D eigenvalue weighted by Crippen LogP contribution is 2.24. The Hall–Kier alpha value is -0.750. The second kappa shape index (κ2) is 7.75. The van der Waals surface area contributed by atoms with Crippen molar-refractivity contribution < 1.29 is 9.53 Å². The fourth-order valence-corrected chi connectivity index (χ4v) is 3.94. The van der Waals surface area contributed by atoms with E-state index in [0.29, 0.717) is 6.61 Å². The molecule has 0 aromatic carbocycles. The first kappa shape index (κ1) is 14.7. The zero-order valence-electron chi connectivity index (χ0n) is 11.2. The van der Waals surface area contributed by atoms with Gasteiger partial charge in [-0.1, -0.05) is 0 Å². The van der Waals surface area contributed by atoms with E-state index in [0.717, 1.165) is 23.3 Å². The van der Waals surface area contributed by atoms with E-state index in [-0.39, 0.29) is 12.4 Å². The highest BCUT2D eigenvalue weighted by atomic mass is 32.2. The average Bonchev–Trinajstić information content (AvgIpc) is 2.85. The molecule has 0 radical (unpaired) electrons. The van der Waals surface area contributed by atoms with Gasteiger partial charge in [-0.2, -0.15) is 11.8 Å². The molecule has 1 fully saturated rings. The van der Waals surface area contributed by atoms with E-state index in [4.69, 9.17) is 4.74 Å². The number of anilines is 1. The van der Waals surface area contributed by atoms with Gasteiger partial charge < -0.3 is 10.1 Å². The molecule has 1 N–H and O–H groups in total. The second-order valence-electron chi connectivity index (χ2n) is 4.56. The van der Waals surface area contributed by atoms with Crippen molar-refractivity contribution in [3.8, 4) is 0 Å². The van der Waals surface area contributed by atoms with Crippen LogP contribution in [0, 0.1) is 5.92 Å². The number of rotatable bonds is 6. The van der Waals surface area contributed by atoms with Gasteiger partial charge in [-0.3, -0.25) is 4.79 Å². The van der Waals surface area contributed by atoms with Gasteiger partial charge in [-0.15, -0.1) is 11.3 Å². The molecule has 2 rings (SSSR count). The summed E-state index contributed by atoms with van der Waals surface area (Å²) in [7, 11) is 0. The van der Waals surface area contributed by atoms with E-state index in [1.54, 1.807) is 11.3 Å². The maximum atomic E-state index is 11.3. The molecule has 0 atom stereocenters. The van der Waals surface area contributed by atoms with Crippen molar-refractivity contribution in [1.29, 1.82) is 0 Å². The third-order valence-corrected chi connectivity index (χ3v) is 4.96. The lowest BCUT2D eigenvalue weighted by Crippen LogP contribution is -2.19. The fraction of sp³-hybridized carbons (Fsp3) is 0.692. The molecule has 4 nitrogen and oxygen atoms in total. The third kappa shape index (κ3) is 5.03. The van der Waals surface area contributed by atoms with Crippen molar-refractivity contribution in [3.05, 3.63) is 11.1 Å². The summed E-state index contributed by atoms with van der Waals surface area (Å²) >= 11 is 3.61. The molecule has 0 spiro atoms. The van der Waals surface area contributed by atoms with Crippen LogP contribution in [0.5, 0.6) is 0 Å². The minimum Gasteiger partial charge on any atom is -0.466 e. The number of ether oxygens (including phenoxy) is 1. The molecule has 6 heteroatoms. The summed E-state index contributed by atoms with van der Waals surface area (Å²) < 4.78 is 4.91. The van der Waals surface area contributed by atoms with Gasteiger partial charge >= 0.3 is 5.97 Å². The normalized spacial score (nSPS) is 16.3. The molecule has 1 saturated heterocycles. The third-order valence-electron chi connectivity index (χ3n) is 3.07. The summed E-state index contributed by atoms with van der Waals surface area (Å²) in [5.41, 5.74) is 0.796. The highest BCUT2D eigenvalue weighted by molar-refractivity contribution is 7.99. The first-order valence-corrected chi connectivity index (χ1v) is 8.73. The van der Waals surface area contributed by atoms with E-state index < -0.39 is 0 Å². The summed E-state index contributed by atoms with van der Waals surface area (Å²) in [4.78, 5) is 15.8. The van der Waals surface area contributed by atoms with Gasteiger partial charge in [-0.25, -0.2) is 4.98 Å². The minimum atomic E-state index is -0.205. The van der Waals surface area contributed by atoms with Crippen molar-refractivity contribution in [2.75, 3.05) is 30.0 Å². The van der Waals surface area contributed by atoms with Crippen LogP contribution in [0.25, 0.3) is 0 Å². The van der Waals surface area contributed by atoms with E-state index in [1.165, 1.54) is 24.3 Å². The first-order valence-electron chi connectivity index (χ1n) is 6.69. The van der Waals surface area contributed by atoms with Crippen LogP contribution in [0.2, 0.25) is 0 Å². The number of carbonyl (C=O) groups is 1. The van der Waals surface area contributed by atoms with Crippen LogP contribution in [0.4, 0.5) is 5.13 Å². The zero-order chi connectivity index (χ0) is 13.5. The van der Waals surface area contributed by atoms with Crippen molar-refractivity contribution >= 4 is 34.2 Å². The average molecular weight is 300 g/mol. The number of hydrogen-bond acceptors (Lipinski definition) is 6. The lowest BCUT2D eigenvalue weighted by Gasteiger charge is -2.21. The monoisotopic (exact) mass is 300 g/mol. The van der Waals surface area contributed by atoms with Crippen LogP contribution >= 0.6 is 23.1 Å². The number of carbonyl (C=O) groups excluding carboxylic acids is 1. The summed E-state index contributed by atoms with van der Waals surface area (Å²) in [5.74, 6) is 3.11. The van der Waals surface area contributed by atoms with Crippen LogP contribution in [0.15, 0.2) is 5.38 Å². The van der Waals surface area contributed by atoms with E-state index >= 15 is 0 Å². The largest absolute Gasteiger partial charge is 0.466 e. The van der Waals surface area contributed by atoms with Crippen LogP contribution in [0.3, 0.4) is 0 Å². The van der Waals surface area contributed by atoms with Crippen LogP contribution in [-0.4, -0.2) is 35.6 Å². The molecule has 1 aromatic rings. The molecule has 106 valence electrons. The van der Waals surface area contributed by atoms with Crippen molar-refractivity contribution in [2.45, 2.75) is 26.2 Å². The van der Waals surface area contributed by atoms with Gasteiger partial charge in [0.25, 0.3) is 0 Å². The molecular weight excluding hydrogens is 280 g/mol. The quantitative estimate of drug-likeness (QED) is 0.819. The fourth-order valence-electron chi connectivity index (χ4n) is 2.01. The highest BCUT2D eigenvalue weighted by Gasteiger charge is 2.14. The number of thiazole rings is 1. The van der Waals surface area contributed by atoms with Gasteiger partial charge in [0.2, 0.25) is 0 Å². The predicted octanol–water partition coefficient (Wildman–Crippen LogP) is 2.80. The molecule has 1 aliphatic rings. The summed E-state index contributed by atoms with van der Waals surface area (Å²) in [6, 6.07) is 0. The van der Waals surface area contributed by atoms with Gasteiger partial charge in [0, 0.05) is 11.9 Å². The maximum absolute atomic E-state index is 11.3. The molecule has 0 bridgehead atoms. The molecular formula is C13H20N2O2S2. The number of nitrogens with one attached hydrogen (secondary N) is 1. The Kier molecular flexibility index (Phi) is 5.97. The zero-order valence-corrected chi connectivity index (χ0v) is 12.8. The van der Waals surface area contributed by atoms with E-state index in [9.17, 15) is 4.79 Å². The molecule has 1 aliphatic heterocycles. The Morgan fingerprint density at radius 3 is 3.05 bits per heavy atom. The minimum absolute atomic E-state index is 0.205. The van der Waals surface area contributed by atoms with Crippen LogP contribution in [-0.2, 0) is 16.0 Å². The lowest BCUT2D eigenvalue weighted by atomic mass is 10.0. The Bertz CT molecular complexity index is 403. The number of esters is 1. The number of hydrogen-bond donors (Lipinski definition) is 1. The summed E-state index contributed by atoms with van der Waals surface area (Å²) in [6.45, 7) is 3.23. The molecule has 1 aromatic heterocycles. The molecule has 0 amide bonds. The molecule has 0 saturated carbocycles. The molecule has 19 heavy (non-hydrogen) atoms. The van der Waals surface area contributed by atoms with Crippen LogP contribution < -0.4 is 5.32 Å². The Morgan fingerprint density at radius 1 is 1.53 bits per heavy atom. The Balaban J connectivity index is 1.75. The van der Waals surface area contributed by atoms with Gasteiger partial charge in [0.05, 0.1) is 18.7 Å². The smallest absolute Gasteiger partial charge is 0.311 e. The number of nitrogens with zero attached hydrogens (tertiary/aromatic N) is 1. The molecule has 2 heterocycles. The number of aromatic nitrogens is 1. The van der Waals surface area contributed by atoms with Crippen molar-refractivity contribution in [2.24, 2.45) is 5.92 Å². The summed E-state index contributed by atoms with van der Waals surface area (Å²) in [5, 5.41) is 6.23. The topological polar surface area (TPSA) is 51.2 Å². The maximum Gasteiger partial charge on any atom is 0.311 e. The SMILES string of the molecule is CCOC(=O)Cc1csc(NCC2CCSCC2)n1. The Labute approximate surface area is 122 Å². The van der Waals surface area contributed by atoms with Gasteiger partial charge in [0.1, 0.15) is 0 Å². The molecule has 0 unspecified atom stereocenters. The van der Waals surface area contributed by atoms with Gasteiger partial charge in [-0.05, 0) is 37.2 Å². The molecule has 0 aliphatic carbocycles. The number of thioether (sulfide) groups is 1. The standard InChI is InChI=1S/C13H20N2O2S2/c1-2-17-12(16)7-11-9-19-13(15-11)14-8-10-3-5-18-6-4-10/h9-10H,2-8H2,1H3,(H,14,15). The summed E-state index contributed by atoms with van der Waals surface area (Å²) in [6.07, 6.45) is 2.85. The predicted molar refractivity (Wildman–Crippen MR) is 81.0 cm³/mol. The van der Waals surface area contributed by atoms with E-state index in [2.05, 4.69) is 10.3 Å². The van der Waals surface area contributed by atoms with Gasteiger partial charge in [0.15, 0.2) is 5.13 Å². The lowest BCUT2D eigenvalue weighted by molar-refractivity contribution is -0.142.